The minimum atomic E-state index is -0.174. The Kier molecular flexibility index (Phi) is 8.00. The molecule has 0 atom stereocenters. The first kappa shape index (κ1) is 19.8. The van der Waals surface area contributed by atoms with E-state index in [0.29, 0.717) is 17.9 Å². The van der Waals surface area contributed by atoms with E-state index in [9.17, 15) is 4.79 Å². The van der Waals surface area contributed by atoms with Crippen LogP contribution in [0, 0.1) is 0 Å². The molecule has 0 fully saturated rings. The molecule has 0 unspecified atom stereocenters. The summed E-state index contributed by atoms with van der Waals surface area (Å²) >= 11 is 0. The van der Waals surface area contributed by atoms with Gasteiger partial charge in [-0.15, -0.1) is 0 Å². The van der Waals surface area contributed by atoms with Crippen molar-refractivity contribution < 1.29 is 14.3 Å². The van der Waals surface area contributed by atoms with Gasteiger partial charge < -0.3 is 14.8 Å². The summed E-state index contributed by atoms with van der Waals surface area (Å²) in [5.74, 6) is 1.24. The molecule has 0 bridgehead atoms. The van der Waals surface area contributed by atoms with Gasteiger partial charge in [-0.25, -0.2) is 0 Å². The molecule has 4 heteroatoms. The molecule has 140 valence electrons. The molecule has 0 saturated heterocycles. The number of carbonyl (C=O) groups is 1. The van der Waals surface area contributed by atoms with Crippen molar-refractivity contribution in [2.24, 2.45) is 0 Å². The number of unbranched alkanes of at least 4 members (excludes halogenated alkanes) is 3. The quantitative estimate of drug-likeness (QED) is 0.557. The molecule has 4 nitrogen and oxygen atoms in total. The Morgan fingerprint density at radius 1 is 1.00 bits per heavy atom. The van der Waals surface area contributed by atoms with E-state index in [1.807, 2.05) is 56.3 Å². The molecular formula is C22H29NO3. The van der Waals surface area contributed by atoms with Crippen LogP contribution >= 0.6 is 0 Å². The first-order chi connectivity index (χ1) is 12.6. The molecule has 0 aliphatic rings. The standard InChI is InChI=1S/C22H29NO3/c1-4-5-6-9-16-25-21-11-8-7-10-20(21)22(24)23-18-12-14-19(15-13-18)26-17(2)3/h7-8,10-15,17H,4-6,9,16H2,1-3H3,(H,23,24). The van der Waals surface area contributed by atoms with E-state index in [4.69, 9.17) is 9.47 Å². The lowest BCUT2D eigenvalue weighted by molar-refractivity contribution is 0.102. The number of carbonyl (C=O) groups excluding carboxylic acids is 1. The maximum Gasteiger partial charge on any atom is 0.259 e. The zero-order chi connectivity index (χ0) is 18.8. The maximum atomic E-state index is 12.6. The Labute approximate surface area is 156 Å². The number of anilines is 1. The third-order valence-electron chi connectivity index (χ3n) is 3.87. The van der Waals surface area contributed by atoms with Gasteiger partial charge in [0.25, 0.3) is 5.91 Å². The maximum absolute atomic E-state index is 12.6. The fourth-order valence-corrected chi connectivity index (χ4v) is 2.58. The molecule has 0 aromatic heterocycles. The van der Waals surface area contributed by atoms with Gasteiger partial charge in [0.05, 0.1) is 18.3 Å². The Bertz CT molecular complexity index is 680. The highest BCUT2D eigenvalue weighted by Crippen LogP contribution is 2.22. The van der Waals surface area contributed by atoms with Crippen LogP contribution in [0.25, 0.3) is 0 Å². The minimum absolute atomic E-state index is 0.122. The van der Waals surface area contributed by atoms with Gasteiger partial charge in [0, 0.05) is 5.69 Å². The van der Waals surface area contributed by atoms with E-state index in [1.54, 1.807) is 6.07 Å². The molecule has 1 N–H and O–H groups in total. The molecule has 0 spiro atoms. The SMILES string of the molecule is CCCCCCOc1ccccc1C(=O)Nc1ccc(OC(C)C)cc1. The zero-order valence-corrected chi connectivity index (χ0v) is 16.0. The van der Waals surface area contributed by atoms with E-state index in [1.165, 1.54) is 12.8 Å². The summed E-state index contributed by atoms with van der Waals surface area (Å²) in [6.45, 7) is 6.78. The highest BCUT2D eigenvalue weighted by Gasteiger charge is 2.12. The second kappa shape index (κ2) is 10.5. The Morgan fingerprint density at radius 2 is 1.73 bits per heavy atom. The predicted octanol–water partition coefficient (Wildman–Crippen LogP) is 5.69. The van der Waals surface area contributed by atoms with E-state index in [2.05, 4.69) is 12.2 Å². The fourth-order valence-electron chi connectivity index (χ4n) is 2.58. The lowest BCUT2D eigenvalue weighted by Crippen LogP contribution is -2.14. The molecule has 26 heavy (non-hydrogen) atoms. The van der Waals surface area contributed by atoms with Crippen LogP contribution in [0.1, 0.15) is 56.8 Å². The highest BCUT2D eigenvalue weighted by atomic mass is 16.5. The minimum Gasteiger partial charge on any atom is -0.493 e. The second-order valence-corrected chi connectivity index (χ2v) is 6.55. The largest absolute Gasteiger partial charge is 0.493 e. The first-order valence-corrected chi connectivity index (χ1v) is 9.40. The normalized spacial score (nSPS) is 10.6. The van der Waals surface area contributed by atoms with Crippen molar-refractivity contribution in [3.63, 3.8) is 0 Å². The van der Waals surface area contributed by atoms with Crippen LogP contribution in [0.4, 0.5) is 5.69 Å². The summed E-state index contributed by atoms with van der Waals surface area (Å²) in [5, 5.41) is 2.92. The summed E-state index contributed by atoms with van der Waals surface area (Å²) < 4.78 is 11.4. The number of benzene rings is 2. The van der Waals surface area contributed by atoms with Gasteiger partial charge in [0.15, 0.2) is 0 Å². The molecule has 2 rings (SSSR count). The lowest BCUT2D eigenvalue weighted by Gasteiger charge is -2.13. The molecule has 2 aromatic carbocycles. The van der Waals surface area contributed by atoms with Crippen molar-refractivity contribution >= 4 is 11.6 Å². The molecule has 0 radical (unpaired) electrons. The third kappa shape index (κ3) is 6.43. The number of para-hydroxylation sites is 1. The van der Waals surface area contributed by atoms with Gasteiger partial charge >= 0.3 is 0 Å². The topological polar surface area (TPSA) is 47.6 Å². The van der Waals surface area contributed by atoms with Crippen LogP contribution in [0.3, 0.4) is 0 Å². The molecule has 1 amide bonds. The Balaban J connectivity index is 1.96. The number of amides is 1. The van der Waals surface area contributed by atoms with Crippen LogP contribution < -0.4 is 14.8 Å². The van der Waals surface area contributed by atoms with Gasteiger partial charge in [0.2, 0.25) is 0 Å². The smallest absolute Gasteiger partial charge is 0.259 e. The van der Waals surface area contributed by atoms with Crippen LogP contribution in [0.5, 0.6) is 11.5 Å². The second-order valence-electron chi connectivity index (χ2n) is 6.55. The third-order valence-corrected chi connectivity index (χ3v) is 3.87. The monoisotopic (exact) mass is 355 g/mol. The van der Waals surface area contributed by atoms with Crippen molar-refractivity contribution in [3.8, 4) is 11.5 Å². The van der Waals surface area contributed by atoms with Crippen molar-refractivity contribution in [1.29, 1.82) is 0 Å². The number of nitrogens with one attached hydrogen (secondary N) is 1. The Morgan fingerprint density at radius 3 is 2.42 bits per heavy atom. The van der Waals surface area contributed by atoms with Crippen LogP contribution in [0.2, 0.25) is 0 Å². The van der Waals surface area contributed by atoms with Crippen molar-refractivity contribution in [1.82, 2.24) is 0 Å². The van der Waals surface area contributed by atoms with Crippen LogP contribution in [-0.2, 0) is 0 Å². The molecule has 0 saturated carbocycles. The number of rotatable bonds is 10. The molecule has 0 heterocycles. The van der Waals surface area contributed by atoms with Crippen molar-refractivity contribution in [2.45, 2.75) is 52.6 Å². The summed E-state index contributed by atoms with van der Waals surface area (Å²) in [6.07, 6.45) is 4.68. The predicted molar refractivity (Wildman–Crippen MR) is 106 cm³/mol. The zero-order valence-electron chi connectivity index (χ0n) is 16.0. The van der Waals surface area contributed by atoms with Gasteiger partial charge in [0.1, 0.15) is 11.5 Å². The van der Waals surface area contributed by atoms with E-state index >= 15 is 0 Å². The van der Waals surface area contributed by atoms with Gasteiger partial charge in [-0.2, -0.15) is 0 Å². The summed E-state index contributed by atoms with van der Waals surface area (Å²) in [7, 11) is 0. The fraction of sp³-hybridized carbons (Fsp3) is 0.409. The van der Waals surface area contributed by atoms with Gasteiger partial charge in [-0.3, -0.25) is 4.79 Å². The molecule has 0 aliphatic carbocycles. The Hall–Kier alpha value is -2.49. The van der Waals surface area contributed by atoms with Gasteiger partial charge in [-0.05, 0) is 56.7 Å². The number of hydrogen-bond acceptors (Lipinski definition) is 3. The average molecular weight is 355 g/mol. The van der Waals surface area contributed by atoms with Gasteiger partial charge in [-0.1, -0.05) is 38.3 Å². The van der Waals surface area contributed by atoms with E-state index in [0.717, 1.165) is 24.3 Å². The summed E-state index contributed by atoms with van der Waals surface area (Å²) in [5.41, 5.74) is 1.27. The summed E-state index contributed by atoms with van der Waals surface area (Å²) in [4.78, 5) is 12.6. The van der Waals surface area contributed by atoms with E-state index in [-0.39, 0.29) is 12.0 Å². The first-order valence-electron chi connectivity index (χ1n) is 9.40. The van der Waals surface area contributed by atoms with Crippen molar-refractivity contribution in [3.05, 3.63) is 54.1 Å². The molecular weight excluding hydrogens is 326 g/mol. The average Bonchev–Trinajstić information content (AvgIpc) is 2.63. The summed E-state index contributed by atoms with van der Waals surface area (Å²) in [6, 6.07) is 14.7. The molecule has 2 aromatic rings. The number of ether oxygens (including phenoxy) is 2. The molecule has 0 aliphatic heterocycles. The van der Waals surface area contributed by atoms with E-state index < -0.39 is 0 Å². The van der Waals surface area contributed by atoms with Crippen LogP contribution in [-0.4, -0.2) is 18.6 Å². The van der Waals surface area contributed by atoms with Crippen molar-refractivity contribution in [2.75, 3.05) is 11.9 Å². The van der Waals surface area contributed by atoms with Crippen LogP contribution in [0.15, 0.2) is 48.5 Å². The lowest BCUT2D eigenvalue weighted by atomic mass is 10.1. The number of hydrogen-bond donors (Lipinski definition) is 1. The highest BCUT2D eigenvalue weighted by molar-refractivity contribution is 6.06.